The van der Waals surface area contributed by atoms with Gasteiger partial charge in [0.25, 0.3) is 0 Å². The number of amides is 2. The van der Waals surface area contributed by atoms with E-state index in [4.69, 9.17) is 0 Å². The summed E-state index contributed by atoms with van der Waals surface area (Å²) in [5, 5.41) is 16.2. The summed E-state index contributed by atoms with van der Waals surface area (Å²) < 4.78 is 0. The highest BCUT2D eigenvalue weighted by Crippen LogP contribution is 2.23. The van der Waals surface area contributed by atoms with Gasteiger partial charge in [0.15, 0.2) is 0 Å². The van der Waals surface area contributed by atoms with Gasteiger partial charge in [-0.25, -0.2) is 4.79 Å². The second-order valence-corrected chi connectivity index (χ2v) is 5.53. The van der Waals surface area contributed by atoms with Crippen molar-refractivity contribution in [3.8, 4) is 0 Å². The average molecular weight is 255 g/mol. The van der Waals surface area contributed by atoms with Crippen molar-refractivity contribution in [1.82, 2.24) is 10.6 Å². The summed E-state index contributed by atoms with van der Waals surface area (Å²) in [5.41, 5.74) is 0. The Morgan fingerprint density at radius 3 is 2.33 bits per heavy atom. The third kappa shape index (κ3) is 4.20. The number of urea groups is 1. The Bertz CT molecular complexity index is 305. The van der Waals surface area contributed by atoms with Gasteiger partial charge in [-0.05, 0) is 24.7 Å². The van der Waals surface area contributed by atoms with Gasteiger partial charge in [0.2, 0.25) is 0 Å². The number of hydrogen-bond donors (Lipinski definition) is 2. The summed E-state index contributed by atoms with van der Waals surface area (Å²) in [6.07, 6.45) is 4.39. The fourth-order valence-electron chi connectivity index (χ4n) is 2.38. The van der Waals surface area contributed by atoms with Crippen molar-refractivity contribution in [3.05, 3.63) is 0 Å². The SMILES string of the molecule is CC(C)[C@H](NC(=O)N[C@H]1CCCC[C@H]1C)C(=O)[O-]. The Kier molecular flexibility index (Phi) is 5.44. The molecule has 5 heteroatoms. The zero-order valence-corrected chi connectivity index (χ0v) is 11.4. The molecule has 0 aromatic carbocycles. The van der Waals surface area contributed by atoms with Crippen molar-refractivity contribution in [2.45, 2.75) is 58.5 Å². The van der Waals surface area contributed by atoms with E-state index in [1.165, 1.54) is 6.42 Å². The smallest absolute Gasteiger partial charge is 0.315 e. The minimum Gasteiger partial charge on any atom is -0.548 e. The Labute approximate surface area is 108 Å². The molecule has 2 amide bonds. The molecular formula is C13H23N2O3-. The lowest BCUT2D eigenvalue weighted by Crippen LogP contribution is -2.55. The molecule has 1 saturated carbocycles. The van der Waals surface area contributed by atoms with E-state index in [0.29, 0.717) is 5.92 Å². The second-order valence-electron chi connectivity index (χ2n) is 5.53. The summed E-state index contributed by atoms with van der Waals surface area (Å²) in [6, 6.07) is -1.20. The Hall–Kier alpha value is -1.26. The maximum atomic E-state index is 11.8. The van der Waals surface area contributed by atoms with Crippen molar-refractivity contribution >= 4 is 12.0 Å². The Morgan fingerprint density at radius 2 is 1.83 bits per heavy atom. The molecule has 104 valence electrons. The van der Waals surface area contributed by atoms with Crippen molar-refractivity contribution in [3.63, 3.8) is 0 Å². The second kappa shape index (κ2) is 6.61. The molecule has 0 spiro atoms. The fourth-order valence-corrected chi connectivity index (χ4v) is 2.38. The summed E-state index contributed by atoms with van der Waals surface area (Å²) in [6.45, 7) is 5.59. The first kappa shape index (κ1) is 14.8. The summed E-state index contributed by atoms with van der Waals surface area (Å²) in [5.74, 6) is -0.980. The van der Waals surface area contributed by atoms with Gasteiger partial charge < -0.3 is 20.5 Å². The number of rotatable bonds is 4. The van der Waals surface area contributed by atoms with Gasteiger partial charge in [-0.1, -0.05) is 33.6 Å². The zero-order chi connectivity index (χ0) is 13.7. The monoisotopic (exact) mass is 255 g/mol. The van der Waals surface area contributed by atoms with Gasteiger partial charge in [-0.3, -0.25) is 0 Å². The minimum atomic E-state index is -1.24. The lowest BCUT2D eigenvalue weighted by molar-refractivity contribution is -0.309. The maximum Gasteiger partial charge on any atom is 0.315 e. The highest BCUT2D eigenvalue weighted by atomic mass is 16.4. The van der Waals surface area contributed by atoms with Gasteiger partial charge in [-0.2, -0.15) is 0 Å². The van der Waals surface area contributed by atoms with Crippen molar-refractivity contribution in [2.24, 2.45) is 11.8 Å². The van der Waals surface area contributed by atoms with Gasteiger partial charge in [-0.15, -0.1) is 0 Å². The fraction of sp³-hybridized carbons (Fsp3) is 0.846. The molecule has 0 radical (unpaired) electrons. The largest absolute Gasteiger partial charge is 0.548 e. The van der Waals surface area contributed by atoms with Gasteiger partial charge in [0, 0.05) is 6.04 Å². The van der Waals surface area contributed by atoms with Crippen LogP contribution < -0.4 is 15.7 Å². The lowest BCUT2D eigenvalue weighted by atomic mass is 9.86. The van der Waals surface area contributed by atoms with Crippen LogP contribution in [0, 0.1) is 11.8 Å². The number of hydrogen-bond acceptors (Lipinski definition) is 3. The molecule has 0 bridgehead atoms. The normalized spacial score (nSPS) is 25.6. The van der Waals surface area contributed by atoms with E-state index in [1.807, 2.05) is 0 Å². The third-order valence-electron chi connectivity index (χ3n) is 3.64. The molecule has 0 aromatic heterocycles. The van der Waals surface area contributed by atoms with Crippen LogP contribution in [0.4, 0.5) is 4.79 Å². The van der Waals surface area contributed by atoms with Crippen LogP contribution in [0.1, 0.15) is 46.5 Å². The predicted octanol–water partition coefficient (Wildman–Crippen LogP) is 0.639. The number of carbonyl (C=O) groups excluding carboxylic acids is 2. The molecule has 1 aliphatic rings. The Morgan fingerprint density at radius 1 is 1.22 bits per heavy atom. The number of carbonyl (C=O) groups is 2. The van der Waals surface area contributed by atoms with Crippen LogP contribution in [0.2, 0.25) is 0 Å². The number of aliphatic carboxylic acids is 1. The van der Waals surface area contributed by atoms with Crippen LogP contribution in [0.3, 0.4) is 0 Å². The van der Waals surface area contributed by atoms with E-state index in [9.17, 15) is 14.7 Å². The van der Waals surface area contributed by atoms with Gasteiger partial charge >= 0.3 is 6.03 Å². The van der Waals surface area contributed by atoms with Crippen LogP contribution in [0.15, 0.2) is 0 Å². The number of nitrogens with one attached hydrogen (secondary N) is 2. The predicted molar refractivity (Wildman–Crippen MR) is 66.7 cm³/mol. The van der Waals surface area contributed by atoms with E-state index >= 15 is 0 Å². The van der Waals surface area contributed by atoms with E-state index in [2.05, 4.69) is 17.6 Å². The van der Waals surface area contributed by atoms with E-state index in [1.54, 1.807) is 13.8 Å². The zero-order valence-electron chi connectivity index (χ0n) is 11.4. The molecule has 1 aliphatic carbocycles. The molecule has 1 rings (SSSR count). The van der Waals surface area contributed by atoms with E-state index in [-0.39, 0.29) is 12.0 Å². The molecule has 3 atom stereocenters. The molecule has 18 heavy (non-hydrogen) atoms. The first-order chi connectivity index (χ1) is 8.41. The van der Waals surface area contributed by atoms with Gasteiger partial charge in [0.05, 0.1) is 12.0 Å². The lowest BCUT2D eigenvalue weighted by Gasteiger charge is -2.31. The van der Waals surface area contributed by atoms with Crippen LogP contribution in [-0.2, 0) is 4.79 Å². The number of carboxylic acid groups (broad SMARTS) is 1. The molecule has 0 saturated heterocycles. The van der Waals surface area contributed by atoms with Crippen LogP contribution in [-0.4, -0.2) is 24.1 Å². The van der Waals surface area contributed by atoms with Crippen LogP contribution >= 0.6 is 0 Å². The molecule has 0 unspecified atom stereocenters. The first-order valence-electron chi connectivity index (χ1n) is 6.69. The quantitative estimate of drug-likeness (QED) is 0.773. The highest BCUT2D eigenvalue weighted by Gasteiger charge is 2.24. The van der Waals surface area contributed by atoms with Gasteiger partial charge in [0.1, 0.15) is 0 Å². The molecular weight excluding hydrogens is 232 g/mol. The molecule has 5 nitrogen and oxygen atoms in total. The van der Waals surface area contributed by atoms with E-state index < -0.39 is 18.0 Å². The van der Waals surface area contributed by atoms with Crippen LogP contribution in [0.25, 0.3) is 0 Å². The first-order valence-corrected chi connectivity index (χ1v) is 6.69. The molecule has 2 N–H and O–H groups in total. The molecule has 1 fully saturated rings. The minimum absolute atomic E-state index is 0.147. The standard InChI is InChI=1S/C13H24N2O3/c1-8(2)11(12(16)17)15-13(18)14-10-7-5-4-6-9(10)3/h8-11H,4-7H2,1-3H3,(H,16,17)(H2,14,15,18)/p-1/t9-,10+,11+/m1/s1. The van der Waals surface area contributed by atoms with Crippen LogP contribution in [0.5, 0.6) is 0 Å². The van der Waals surface area contributed by atoms with Crippen molar-refractivity contribution in [1.29, 1.82) is 0 Å². The maximum absolute atomic E-state index is 11.8. The number of carboxylic acids is 1. The van der Waals surface area contributed by atoms with Crippen molar-refractivity contribution < 1.29 is 14.7 Å². The summed E-state index contributed by atoms with van der Waals surface area (Å²) >= 11 is 0. The summed E-state index contributed by atoms with van der Waals surface area (Å²) in [4.78, 5) is 22.6. The topological polar surface area (TPSA) is 81.3 Å². The molecule has 0 heterocycles. The third-order valence-corrected chi connectivity index (χ3v) is 3.64. The summed E-state index contributed by atoms with van der Waals surface area (Å²) in [7, 11) is 0. The molecule has 0 aromatic rings. The van der Waals surface area contributed by atoms with E-state index in [0.717, 1.165) is 19.3 Å². The molecule has 0 aliphatic heterocycles. The Balaban J connectivity index is 2.47. The average Bonchev–Trinajstić information content (AvgIpc) is 2.28. The van der Waals surface area contributed by atoms with Crippen molar-refractivity contribution in [2.75, 3.05) is 0 Å². The highest BCUT2D eigenvalue weighted by molar-refractivity contribution is 5.81.